The van der Waals surface area contributed by atoms with Crippen LogP contribution >= 0.6 is 0 Å². The predicted molar refractivity (Wildman–Crippen MR) is 91.2 cm³/mol. The minimum atomic E-state index is -1.31. The van der Waals surface area contributed by atoms with E-state index in [1.165, 1.54) is 6.07 Å². The predicted octanol–water partition coefficient (Wildman–Crippen LogP) is 2.63. The molecule has 1 aromatic carbocycles. The average molecular weight is 371 g/mol. The van der Waals surface area contributed by atoms with Gasteiger partial charge in [0.15, 0.2) is 0 Å². The van der Waals surface area contributed by atoms with Crippen LogP contribution in [0.3, 0.4) is 0 Å². The number of hydrogen-bond acceptors (Lipinski definition) is 5. The number of nitrogens with zero attached hydrogens (tertiary/aromatic N) is 1. The number of halogens is 2. The summed E-state index contributed by atoms with van der Waals surface area (Å²) in [6.07, 6.45) is -0.829. The van der Waals surface area contributed by atoms with Crippen molar-refractivity contribution in [1.82, 2.24) is 5.32 Å². The summed E-state index contributed by atoms with van der Waals surface area (Å²) in [5.41, 5.74) is 4.67. The van der Waals surface area contributed by atoms with Crippen LogP contribution in [0.2, 0.25) is 0 Å². The van der Waals surface area contributed by atoms with Crippen LogP contribution < -0.4 is 11.1 Å². The van der Waals surface area contributed by atoms with E-state index in [9.17, 15) is 18.4 Å². The van der Waals surface area contributed by atoms with Gasteiger partial charge in [-0.05, 0) is 32.4 Å². The van der Waals surface area contributed by atoms with E-state index in [2.05, 4.69) is 15.3 Å². The Bertz CT molecular complexity index is 687. The molecule has 0 aromatic heterocycles. The number of carbonyl (C=O) groups is 2. The van der Waals surface area contributed by atoms with Gasteiger partial charge < -0.3 is 20.6 Å². The molecule has 0 aliphatic rings. The number of rotatable bonds is 6. The van der Waals surface area contributed by atoms with Crippen LogP contribution in [0.15, 0.2) is 23.4 Å². The van der Waals surface area contributed by atoms with Gasteiger partial charge in [0.2, 0.25) is 0 Å². The van der Waals surface area contributed by atoms with E-state index < -0.39 is 35.3 Å². The van der Waals surface area contributed by atoms with Crippen LogP contribution in [0, 0.1) is 11.6 Å². The van der Waals surface area contributed by atoms with Crippen LogP contribution in [-0.2, 0) is 20.8 Å². The molecule has 7 nitrogen and oxygen atoms in total. The van der Waals surface area contributed by atoms with Crippen molar-refractivity contribution in [2.45, 2.75) is 52.2 Å². The van der Waals surface area contributed by atoms with Crippen molar-refractivity contribution >= 4 is 17.9 Å². The molecule has 0 unspecified atom stereocenters. The second-order valence-electron chi connectivity index (χ2n) is 6.49. The Morgan fingerprint density at radius 1 is 1.31 bits per heavy atom. The zero-order valence-corrected chi connectivity index (χ0v) is 15.1. The zero-order chi connectivity index (χ0) is 19.9. The fourth-order valence-electron chi connectivity index (χ4n) is 1.78. The first-order valence-corrected chi connectivity index (χ1v) is 7.98. The summed E-state index contributed by atoms with van der Waals surface area (Å²) in [6.45, 7) is 6.64. The molecule has 0 saturated carbocycles. The van der Waals surface area contributed by atoms with Gasteiger partial charge in [-0.1, -0.05) is 18.1 Å². The van der Waals surface area contributed by atoms with Gasteiger partial charge in [0.05, 0.1) is 0 Å². The van der Waals surface area contributed by atoms with Crippen LogP contribution in [-0.4, -0.2) is 29.5 Å². The first-order valence-electron chi connectivity index (χ1n) is 7.98. The van der Waals surface area contributed by atoms with Crippen molar-refractivity contribution < 1.29 is 27.9 Å². The Morgan fingerprint density at radius 3 is 2.50 bits per heavy atom. The van der Waals surface area contributed by atoms with Crippen molar-refractivity contribution in [2.24, 2.45) is 10.9 Å². The molecule has 0 aliphatic heterocycles. The number of amidine groups is 1. The number of carbonyl (C=O) groups excluding carboxylic acids is 2. The van der Waals surface area contributed by atoms with Crippen molar-refractivity contribution in [1.29, 1.82) is 0 Å². The maximum Gasteiger partial charge on any atom is 0.408 e. The summed E-state index contributed by atoms with van der Waals surface area (Å²) in [5.74, 6) is -2.51. The van der Waals surface area contributed by atoms with Gasteiger partial charge in [0.25, 0.3) is 0 Å². The number of hydrogen-bond donors (Lipinski definition) is 2. The van der Waals surface area contributed by atoms with E-state index >= 15 is 0 Å². The van der Waals surface area contributed by atoms with Gasteiger partial charge in [-0.15, -0.1) is 0 Å². The molecule has 0 heterocycles. The molecule has 0 fully saturated rings. The van der Waals surface area contributed by atoms with Gasteiger partial charge in [-0.3, -0.25) is 0 Å². The summed E-state index contributed by atoms with van der Waals surface area (Å²) in [4.78, 5) is 28.8. The minimum Gasteiger partial charge on any atom is -0.444 e. The van der Waals surface area contributed by atoms with Crippen molar-refractivity contribution in [3.8, 4) is 0 Å². The molecule has 1 amide bonds. The van der Waals surface area contributed by atoms with Gasteiger partial charge in [-0.25, -0.2) is 18.4 Å². The molecule has 1 aromatic rings. The maximum absolute atomic E-state index is 13.9. The van der Waals surface area contributed by atoms with Crippen LogP contribution in [0.5, 0.6) is 0 Å². The number of nitrogens with one attached hydrogen (secondary N) is 1. The average Bonchev–Trinajstić information content (AvgIpc) is 2.52. The molecule has 0 radical (unpaired) electrons. The topological polar surface area (TPSA) is 103 Å². The van der Waals surface area contributed by atoms with E-state index in [0.717, 1.165) is 6.07 Å². The van der Waals surface area contributed by atoms with E-state index in [4.69, 9.17) is 10.5 Å². The summed E-state index contributed by atoms with van der Waals surface area (Å²) < 4.78 is 32.0. The minimum absolute atomic E-state index is 0.0110. The Hall–Kier alpha value is -2.71. The van der Waals surface area contributed by atoms with Gasteiger partial charge in [-0.2, -0.15) is 0 Å². The molecule has 9 heteroatoms. The first kappa shape index (κ1) is 21.3. The van der Waals surface area contributed by atoms with E-state index in [1.54, 1.807) is 27.7 Å². The van der Waals surface area contributed by atoms with Crippen LogP contribution in [0.1, 0.15) is 39.7 Å². The van der Waals surface area contributed by atoms with Gasteiger partial charge in [0.1, 0.15) is 29.1 Å². The summed E-state index contributed by atoms with van der Waals surface area (Å²) in [7, 11) is 0. The van der Waals surface area contributed by atoms with E-state index in [1.807, 2.05) is 0 Å². The third kappa shape index (κ3) is 7.45. The third-order valence-corrected chi connectivity index (χ3v) is 3.03. The van der Waals surface area contributed by atoms with Crippen molar-refractivity contribution in [3.63, 3.8) is 0 Å². The molecule has 1 rings (SSSR count). The van der Waals surface area contributed by atoms with E-state index in [-0.39, 0.29) is 17.8 Å². The second-order valence-corrected chi connectivity index (χ2v) is 6.49. The first-order chi connectivity index (χ1) is 12.0. The number of oxime groups is 1. The molecule has 0 saturated heterocycles. The highest BCUT2D eigenvalue weighted by molar-refractivity contribution is 5.84. The molecule has 3 N–H and O–H groups in total. The molecule has 26 heavy (non-hydrogen) atoms. The van der Waals surface area contributed by atoms with Gasteiger partial charge >= 0.3 is 12.1 Å². The lowest BCUT2D eigenvalue weighted by Gasteiger charge is -2.22. The second kappa shape index (κ2) is 9.12. The SMILES string of the molecule is CC/C(N)=N/OC(=O)[C@H](Cc1ccc(F)cc1F)NC(=O)OC(C)(C)C. The largest absolute Gasteiger partial charge is 0.444 e. The number of amides is 1. The highest BCUT2D eigenvalue weighted by atomic mass is 19.1. The summed E-state index contributed by atoms with van der Waals surface area (Å²) >= 11 is 0. The lowest BCUT2D eigenvalue weighted by atomic mass is 10.1. The normalized spacial score (nSPS) is 13.1. The fraction of sp³-hybridized carbons (Fsp3) is 0.471. The molecule has 1 atom stereocenters. The Morgan fingerprint density at radius 2 is 1.96 bits per heavy atom. The van der Waals surface area contributed by atoms with E-state index in [0.29, 0.717) is 12.5 Å². The lowest BCUT2D eigenvalue weighted by molar-refractivity contribution is -0.146. The number of nitrogens with two attached hydrogens (primary N) is 1. The zero-order valence-electron chi connectivity index (χ0n) is 15.1. The molecule has 144 valence electrons. The van der Waals surface area contributed by atoms with Crippen LogP contribution in [0.25, 0.3) is 0 Å². The Labute approximate surface area is 150 Å². The molecular formula is C17H23F2N3O4. The number of benzene rings is 1. The fourth-order valence-corrected chi connectivity index (χ4v) is 1.78. The van der Waals surface area contributed by atoms with Crippen molar-refractivity contribution in [2.75, 3.05) is 0 Å². The maximum atomic E-state index is 13.9. The smallest absolute Gasteiger partial charge is 0.408 e. The standard InChI is InChI=1S/C17H23F2N3O4/c1-5-14(20)22-26-15(23)13(21-16(24)25-17(2,3)4)8-10-6-7-11(18)9-12(10)19/h6-7,9,13H,5,8H2,1-4H3,(H2,20,22)(H,21,24)/t13-/m0/s1. The number of alkyl carbamates (subject to hydrolysis) is 1. The Kier molecular flexibility index (Phi) is 7.48. The monoisotopic (exact) mass is 371 g/mol. The molecule has 0 bridgehead atoms. The molecular weight excluding hydrogens is 348 g/mol. The highest BCUT2D eigenvalue weighted by Gasteiger charge is 2.27. The van der Waals surface area contributed by atoms with Crippen molar-refractivity contribution in [3.05, 3.63) is 35.4 Å². The highest BCUT2D eigenvalue weighted by Crippen LogP contribution is 2.14. The number of ether oxygens (including phenoxy) is 1. The lowest BCUT2D eigenvalue weighted by Crippen LogP contribution is -2.45. The Balaban J connectivity index is 2.96. The summed E-state index contributed by atoms with van der Waals surface area (Å²) in [5, 5.41) is 5.72. The third-order valence-electron chi connectivity index (χ3n) is 3.03. The summed E-state index contributed by atoms with van der Waals surface area (Å²) in [6, 6.07) is 1.59. The quantitative estimate of drug-likeness (QED) is 0.346. The molecule has 0 aliphatic carbocycles. The van der Waals surface area contributed by atoms with Gasteiger partial charge in [0, 0.05) is 18.9 Å². The molecule has 0 spiro atoms. The van der Waals surface area contributed by atoms with Crippen LogP contribution in [0.4, 0.5) is 13.6 Å².